The summed E-state index contributed by atoms with van der Waals surface area (Å²) < 4.78 is 0. The van der Waals surface area contributed by atoms with Crippen molar-refractivity contribution in [3.05, 3.63) is 41.1 Å². The summed E-state index contributed by atoms with van der Waals surface area (Å²) in [6, 6.07) is 8.06. The molecule has 126 valence electrons. The maximum atomic E-state index is 12.6. The summed E-state index contributed by atoms with van der Waals surface area (Å²) in [7, 11) is 0. The van der Waals surface area contributed by atoms with Crippen LogP contribution in [-0.4, -0.2) is 22.0 Å². The number of carbonyl (C=O) groups excluding carboxylic acids is 1. The van der Waals surface area contributed by atoms with Crippen molar-refractivity contribution in [2.75, 3.05) is 0 Å². The molecule has 1 heterocycles. The van der Waals surface area contributed by atoms with Gasteiger partial charge in [0.1, 0.15) is 0 Å². The molecule has 2 aromatic rings. The molecule has 0 radical (unpaired) electrons. The number of benzene rings is 1. The van der Waals surface area contributed by atoms with Crippen molar-refractivity contribution in [1.82, 2.24) is 21.2 Å². The number of hydrazine groups is 1. The molecule has 0 unspecified atom stereocenters. The van der Waals surface area contributed by atoms with Gasteiger partial charge in [0.15, 0.2) is 5.11 Å². The summed E-state index contributed by atoms with van der Waals surface area (Å²) >= 11 is 5.25. The summed E-state index contributed by atoms with van der Waals surface area (Å²) in [6.45, 7) is 3.89. The summed E-state index contributed by atoms with van der Waals surface area (Å²) in [5.74, 6) is -0.216. The van der Waals surface area contributed by atoms with E-state index in [1.807, 2.05) is 32.0 Å². The van der Waals surface area contributed by atoms with Crippen molar-refractivity contribution in [1.29, 1.82) is 0 Å². The van der Waals surface area contributed by atoms with Crippen LogP contribution in [0.4, 0.5) is 0 Å². The Morgan fingerprint density at radius 2 is 1.96 bits per heavy atom. The van der Waals surface area contributed by atoms with Gasteiger partial charge in [0.05, 0.1) is 11.1 Å². The van der Waals surface area contributed by atoms with Gasteiger partial charge in [-0.25, -0.2) is 0 Å². The number of pyridine rings is 1. The van der Waals surface area contributed by atoms with Crippen molar-refractivity contribution < 1.29 is 4.79 Å². The van der Waals surface area contributed by atoms with E-state index in [9.17, 15) is 4.79 Å². The molecule has 0 bridgehead atoms. The minimum absolute atomic E-state index is 0.216. The van der Waals surface area contributed by atoms with Gasteiger partial charge in [-0.3, -0.25) is 20.6 Å². The third-order valence-corrected chi connectivity index (χ3v) is 4.61. The second-order valence-electron chi connectivity index (χ2n) is 6.32. The van der Waals surface area contributed by atoms with Crippen LogP contribution in [0.5, 0.6) is 0 Å². The lowest BCUT2D eigenvalue weighted by Gasteiger charge is -2.16. The van der Waals surface area contributed by atoms with E-state index in [0.717, 1.165) is 35.0 Å². The largest absolute Gasteiger partial charge is 0.359 e. The fraction of sp³-hybridized carbons (Fsp3) is 0.389. The highest BCUT2D eigenvalue weighted by molar-refractivity contribution is 7.80. The lowest BCUT2D eigenvalue weighted by atomic mass is 10.0. The van der Waals surface area contributed by atoms with Gasteiger partial charge in [0.25, 0.3) is 5.91 Å². The van der Waals surface area contributed by atoms with Gasteiger partial charge >= 0.3 is 0 Å². The molecule has 3 rings (SSSR count). The van der Waals surface area contributed by atoms with E-state index in [1.54, 1.807) is 6.07 Å². The van der Waals surface area contributed by atoms with Crippen LogP contribution in [0.1, 0.15) is 47.3 Å². The molecule has 0 saturated heterocycles. The summed E-state index contributed by atoms with van der Waals surface area (Å²) in [4.78, 5) is 17.1. The van der Waals surface area contributed by atoms with Gasteiger partial charge in [-0.1, -0.05) is 31.0 Å². The quantitative estimate of drug-likeness (QED) is 0.578. The Labute approximate surface area is 147 Å². The van der Waals surface area contributed by atoms with Crippen LogP contribution < -0.4 is 16.2 Å². The molecular weight excluding hydrogens is 320 g/mol. The van der Waals surface area contributed by atoms with Crippen LogP contribution in [0.2, 0.25) is 0 Å². The highest BCUT2D eigenvalue weighted by Crippen LogP contribution is 2.21. The van der Waals surface area contributed by atoms with Crippen LogP contribution >= 0.6 is 12.2 Å². The van der Waals surface area contributed by atoms with Crippen LogP contribution in [-0.2, 0) is 0 Å². The number of para-hydroxylation sites is 1. The standard InChI is InChI=1S/C18H22N4OS/c1-11-6-5-9-14-15(10-12(2)19-16(11)14)17(23)21-22-18(24)20-13-7-3-4-8-13/h5-6,9-10,13H,3-4,7-8H2,1-2H3,(H,21,23)(H2,20,22,24). The molecule has 5 nitrogen and oxygen atoms in total. The van der Waals surface area contributed by atoms with Crippen LogP contribution in [0.3, 0.4) is 0 Å². The van der Waals surface area contributed by atoms with E-state index < -0.39 is 0 Å². The zero-order valence-electron chi connectivity index (χ0n) is 14.0. The predicted octanol–water partition coefficient (Wildman–Crippen LogP) is 2.90. The Kier molecular flexibility index (Phi) is 4.94. The molecule has 1 fully saturated rings. The molecule has 3 N–H and O–H groups in total. The monoisotopic (exact) mass is 342 g/mol. The van der Waals surface area contributed by atoms with Crippen molar-refractivity contribution in [3.8, 4) is 0 Å². The van der Waals surface area contributed by atoms with E-state index in [4.69, 9.17) is 12.2 Å². The molecular formula is C18H22N4OS. The normalized spacial score (nSPS) is 14.6. The number of nitrogens with zero attached hydrogens (tertiary/aromatic N) is 1. The summed E-state index contributed by atoms with van der Waals surface area (Å²) in [6.07, 6.45) is 4.72. The summed E-state index contributed by atoms with van der Waals surface area (Å²) in [5, 5.41) is 4.54. The predicted molar refractivity (Wildman–Crippen MR) is 99.8 cm³/mol. The second-order valence-corrected chi connectivity index (χ2v) is 6.72. The molecule has 1 aromatic carbocycles. The van der Waals surface area contributed by atoms with E-state index in [2.05, 4.69) is 21.2 Å². The van der Waals surface area contributed by atoms with Gasteiger partial charge in [-0.05, 0) is 50.5 Å². The molecule has 1 amide bonds. The van der Waals surface area contributed by atoms with Crippen molar-refractivity contribution in [2.24, 2.45) is 0 Å². The summed E-state index contributed by atoms with van der Waals surface area (Å²) in [5.41, 5.74) is 8.81. The molecule has 0 aliphatic heterocycles. The maximum Gasteiger partial charge on any atom is 0.270 e. The number of carbonyl (C=O) groups is 1. The number of hydrogen-bond acceptors (Lipinski definition) is 3. The van der Waals surface area contributed by atoms with Gasteiger partial charge < -0.3 is 5.32 Å². The minimum Gasteiger partial charge on any atom is -0.359 e. The molecule has 0 spiro atoms. The van der Waals surface area contributed by atoms with E-state index in [0.29, 0.717) is 16.7 Å². The highest BCUT2D eigenvalue weighted by Gasteiger charge is 2.16. The third kappa shape index (κ3) is 3.64. The molecule has 6 heteroatoms. The van der Waals surface area contributed by atoms with Crippen molar-refractivity contribution in [3.63, 3.8) is 0 Å². The minimum atomic E-state index is -0.216. The molecule has 1 aliphatic rings. The van der Waals surface area contributed by atoms with E-state index >= 15 is 0 Å². The van der Waals surface area contributed by atoms with Gasteiger partial charge in [-0.2, -0.15) is 0 Å². The van der Waals surface area contributed by atoms with Gasteiger partial charge in [0, 0.05) is 17.1 Å². The highest BCUT2D eigenvalue weighted by atomic mass is 32.1. The Bertz CT molecular complexity index is 784. The Morgan fingerprint density at radius 1 is 1.21 bits per heavy atom. The number of fused-ring (bicyclic) bond motifs is 1. The number of hydrogen-bond donors (Lipinski definition) is 3. The molecule has 1 saturated carbocycles. The van der Waals surface area contributed by atoms with E-state index in [-0.39, 0.29) is 5.91 Å². The lowest BCUT2D eigenvalue weighted by Crippen LogP contribution is -2.49. The fourth-order valence-electron chi connectivity index (χ4n) is 3.18. The van der Waals surface area contributed by atoms with E-state index in [1.165, 1.54) is 12.8 Å². The average molecular weight is 342 g/mol. The Hall–Kier alpha value is -2.21. The van der Waals surface area contributed by atoms with Crippen LogP contribution in [0, 0.1) is 13.8 Å². The first-order chi connectivity index (χ1) is 11.5. The second kappa shape index (κ2) is 7.13. The molecule has 1 aliphatic carbocycles. The first-order valence-corrected chi connectivity index (χ1v) is 8.69. The smallest absolute Gasteiger partial charge is 0.270 e. The van der Waals surface area contributed by atoms with Crippen molar-refractivity contribution >= 4 is 34.1 Å². The Balaban J connectivity index is 1.72. The maximum absolute atomic E-state index is 12.6. The molecule has 0 atom stereocenters. The van der Waals surface area contributed by atoms with Gasteiger partial charge in [-0.15, -0.1) is 0 Å². The van der Waals surface area contributed by atoms with Crippen LogP contribution in [0.15, 0.2) is 24.3 Å². The first kappa shape index (κ1) is 16.6. The topological polar surface area (TPSA) is 66.1 Å². The average Bonchev–Trinajstić information content (AvgIpc) is 3.06. The number of nitrogens with one attached hydrogen (secondary N) is 3. The number of amides is 1. The van der Waals surface area contributed by atoms with Gasteiger partial charge in [0.2, 0.25) is 0 Å². The van der Waals surface area contributed by atoms with Crippen LogP contribution in [0.25, 0.3) is 10.9 Å². The third-order valence-electron chi connectivity index (χ3n) is 4.39. The number of thiocarbonyl (C=S) groups is 1. The number of aryl methyl sites for hydroxylation is 2. The number of rotatable bonds is 2. The zero-order valence-corrected chi connectivity index (χ0v) is 14.8. The molecule has 1 aromatic heterocycles. The number of aromatic nitrogens is 1. The lowest BCUT2D eigenvalue weighted by molar-refractivity contribution is 0.0945. The Morgan fingerprint density at radius 3 is 2.71 bits per heavy atom. The van der Waals surface area contributed by atoms with Crippen molar-refractivity contribution in [2.45, 2.75) is 45.6 Å². The fourth-order valence-corrected chi connectivity index (χ4v) is 3.40. The molecule has 24 heavy (non-hydrogen) atoms. The first-order valence-electron chi connectivity index (χ1n) is 8.28. The SMILES string of the molecule is Cc1cc(C(=O)NNC(=S)NC2CCCC2)c2cccc(C)c2n1. The zero-order chi connectivity index (χ0) is 17.1.